The SMILES string of the molecule is COc1ccc(-c2noc(-c3cc4n(n3)CC(c3ccc(Cl)cc3)OC4)n2)cc1F. The molecule has 2 aromatic carbocycles. The van der Waals surface area contributed by atoms with Gasteiger partial charge in [0.15, 0.2) is 17.3 Å². The Labute approximate surface area is 176 Å². The number of halogens is 2. The molecule has 2 aromatic heterocycles. The molecule has 0 bridgehead atoms. The van der Waals surface area contributed by atoms with Crippen molar-refractivity contribution in [1.82, 2.24) is 19.9 Å². The lowest BCUT2D eigenvalue weighted by molar-refractivity contribution is -0.00112. The van der Waals surface area contributed by atoms with E-state index in [2.05, 4.69) is 15.2 Å². The first-order chi connectivity index (χ1) is 14.6. The lowest BCUT2D eigenvalue weighted by Gasteiger charge is -2.24. The van der Waals surface area contributed by atoms with Crippen LogP contribution < -0.4 is 4.74 Å². The van der Waals surface area contributed by atoms with Crippen molar-refractivity contribution in [3.05, 3.63) is 70.6 Å². The van der Waals surface area contributed by atoms with E-state index in [0.29, 0.717) is 29.4 Å². The van der Waals surface area contributed by atoms with E-state index in [1.54, 1.807) is 6.07 Å². The molecule has 0 spiro atoms. The minimum atomic E-state index is -0.496. The van der Waals surface area contributed by atoms with Crippen molar-refractivity contribution < 1.29 is 18.4 Å². The minimum Gasteiger partial charge on any atom is -0.494 e. The summed E-state index contributed by atoms with van der Waals surface area (Å²) in [5.41, 5.74) is 2.96. The van der Waals surface area contributed by atoms with Gasteiger partial charge in [-0.15, -0.1) is 0 Å². The second kappa shape index (κ2) is 7.55. The molecule has 0 N–H and O–H groups in total. The Balaban J connectivity index is 1.38. The second-order valence-electron chi connectivity index (χ2n) is 6.83. The monoisotopic (exact) mass is 426 g/mol. The first-order valence-electron chi connectivity index (χ1n) is 9.22. The molecule has 5 rings (SSSR count). The van der Waals surface area contributed by atoms with Crippen molar-refractivity contribution in [2.24, 2.45) is 0 Å². The van der Waals surface area contributed by atoms with Crippen LogP contribution in [0.1, 0.15) is 17.4 Å². The van der Waals surface area contributed by atoms with Crippen LogP contribution in [0.2, 0.25) is 5.02 Å². The van der Waals surface area contributed by atoms with E-state index in [1.807, 2.05) is 35.0 Å². The molecule has 30 heavy (non-hydrogen) atoms. The van der Waals surface area contributed by atoms with Gasteiger partial charge in [0.05, 0.1) is 26.0 Å². The third-order valence-electron chi connectivity index (χ3n) is 4.93. The van der Waals surface area contributed by atoms with E-state index >= 15 is 0 Å². The molecule has 1 aliphatic heterocycles. The van der Waals surface area contributed by atoms with Gasteiger partial charge < -0.3 is 14.0 Å². The van der Waals surface area contributed by atoms with Crippen LogP contribution in [0.25, 0.3) is 23.0 Å². The van der Waals surface area contributed by atoms with Crippen LogP contribution in [0.4, 0.5) is 4.39 Å². The third-order valence-corrected chi connectivity index (χ3v) is 5.18. The fourth-order valence-corrected chi connectivity index (χ4v) is 3.49. The van der Waals surface area contributed by atoms with Gasteiger partial charge in [-0.1, -0.05) is 28.9 Å². The fourth-order valence-electron chi connectivity index (χ4n) is 3.36. The molecule has 4 aromatic rings. The zero-order chi connectivity index (χ0) is 20.7. The molecule has 0 aliphatic carbocycles. The van der Waals surface area contributed by atoms with Crippen LogP contribution in [-0.2, 0) is 17.9 Å². The van der Waals surface area contributed by atoms with Crippen molar-refractivity contribution in [3.8, 4) is 28.7 Å². The predicted molar refractivity (Wildman–Crippen MR) is 106 cm³/mol. The van der Waals surface area contributed by atoms with Crippen LogP contribution in [0, 0.1) is 5.82 Å². The topological polar surface area (TPSA) is 75.2 Å². The zero-order valence-corrected chi connectivity index (χ0v) is 16.6. The summed E-state index contributed by atoms with van der Waals surface area (Å²) in [6.07, 6.45) is -0.122. The number of rotatable bonds is 4. The molecule has 7 nitrogen and oxygen atoms in total. The molecule has 3 heterocycles. The Hall–Kier alpha value is -3.23. The average molecular weight is 427 g/mol. The highest BCUT2D eigenvalue weighted by Gasteiger charge is 2.24. The van der Waals surface area contributed by atoms with Gasteiger partial charge >= 0.3 is 0 Å². The van der Waals surface area contributed by atoms with E-state index in [0.717, 1.165) is 11.3 Å². The number of aromatic nitrogens is 4. The maximum atomic E-state index is 14.0. The van der Waals surface area contributed by atoms with Gasteiger partial charge in [0.1, 0.15) is 6.10 Å². The largest absolute Gasteiger partial charge is 0.494 e. The van der Waals surface area contributed by atoms with Crippen LogP contribution in [0.5, 0.6) is 5.75 Å². The number of fused-ring (bicyclic) bond motifs is 1. The maximum absolute atomic E-state index is 14.0. The van der Waals surface area contributed by atoms with E-state index in [-0.39, 0.29) is 23.6 Å². The van der Waals surface area contributed by atoms with Crippen molar-refractivity contribution in [2.75, 3.05) is 7.11 Å². The quantitative estimate of drug-likeness (QED) is 0.472. The van der Waals surface area contributed by atoms with Gasteiger partial charge in [0.2, 0.25) is 5.82 Å². The molecule has 0 amide bonds. The molecular weight excluding hydrogens is 411 g/mol. The van der Waals surface area contributed by atoms with Gasteiger partial charge in [-0.25, -0.2) is 4.39 Å². The van der Waals surface area contributed by atoms with Crippen molar-refractivity contribution in [2.45, 2.75) is 19.3 Å². The molecule has 0 saturated carbocycles. The van der Waals surface area contributed by atoms with E-state index < -0.39 is 5.82 Å². The van der Waals surface area contributed by atoms with Crippen LogP contribution in [-0.4, -0.2) is 27.0 Å². The Morgan fingerprint density at radius 1 is 1.17 bits per heavy atom. The number of hydrogen-bond acceptors (Lipinski definition) is 6. The van der Waals surface area contributed by atoms with Gasteiger partial charge in [0, 0.05) is 10.6 Å². The number of hydrogen-bond donors (Lipinski definition) is 0. The first kappa shape index (κ1) is 18.8. The highest BCUT2D eigenvalue weighted by Crippen LogP contribution is 2.30. The van der Waals surface area contributed by atoms with Gasteiger partial charge in [-0.3, -0.25) is 4.68 Å². The van der Waals surface area contributed by atoms with Crippen molar-refractivity contribution in [1.29, 1.82) is 0 Å². The number of ether oxygens (including phenoxy) is 2. The molecule has 9 heteroatoms. The summed E-state index contributed by atoms with van der Waals surface area (Å²) in [4.78, 5) is 4.36. The predicted octanol–water partition coefficient (Wildman–Crippen LogP) is 4.67. The average Bonchev–Trinajstić information content (AvgIpc) is 3.41. The van der Waals surface area contributed by atoms with Crippen LogP contribution in [0.15, 0.2) is 53.1 Å². The zero-order valence-electron chi connectivity index (χ0n) is 15.9. The normalized spacial score (nSPS) is 15.8. The molecule has 1 unspecified atom stereocenters. The lowest BCUT2D eigenvalue weighted by atomic mass is 10.1. The highest BCUT2D eigenvalue weighted by molar-refractivity contribution is 6.30. The summed E-state index contributed by atoms with van der Waals surface area (Å²) in [6.45, 7) is 0.965. The number of methoxy groups -OCH3 is 1. The van der Waals surface area contributed by atoms with Crippen LogP contribution >= 0.6 is 11.6 Å². The maximum Gasteiger partial charge on any atom is 0.278 e. The molecule has 1 aliphatic rings. The third kappa shape index (κ3) is 3.44. The second-order valence-corrected chi connectivity index (χ2v) is 7.26. The standard InChI is InChI=1S/C21H16ClFN4O3/c1-28-18-7-4-13(8-16(18)23)20-24-21(30-26-20)17-9-15-11-29-19(10-27(15)25-17)12-2-5-14(22)6-3-12/h2-9,19H,10-11H2,1H3. The van der Waals surface area contributed by atoms with E-state index in [1.165, 1.54) is 19.2 Å². The Bertz CT molecular complexity index is 1210. The molecule has 1 atom stereocenters. The fraction of sp³-hybridized carbons (Fsp3) is 0.190. The van der Waals surface area contributed by atoms with Gasteiger partial charge in [-0.05, 0) is 42.0 Å². The summed E-state index contributed by atoms with van der Waals surface area (Å²) in [5, 5.41) is 9.22. The summed E-state index contributed by atoms with van der Waals surface area (Å²) in [7, 11) is 1.41. The summed E-state index contributed by atoms with van der Waals surface area (Å²) in [6, 6.07) is 13.9. The Morgan fingerprint density at radius 2 is 2.00 bits per heavy atom. The van der Waals surface area contributed by atoms with Gasteiger partial charge in [0.25, 0.3) is 5.89 Å². The molecular formula is C21H16ClFN4O3. The number of benzene rings is 2. The minimum absolute atomic E-state index is 0.122. The van der Waals surface area contributed by atoms with E-state index in [9.17, 15) is 4.39 Å². The van der Waals surface area contributed by atoms with Crippen LogP contribution in [0.3, 0.4) is 0 Å². The molecule has 0 fully saturated rings. The van der Waals surface area contributed by atoms with Crippen molar-refractivity contribution >= 4 is 11.6 Å². The molecule has 0 radical (unpaired) electrons. The lowest BCUT2D eigenvalue weighted by Crippen LogP contribution is -2.21. The molecule has 0 saturated heterocycles. The first-order valence-corrected chi connectivity index (χ1v) is 9.60. The Morgan fingerprint density at radius 3 is 2.77 bits per heavy atom. The smallest absolute Gasteiger partial charge is 0.278 e. The summed E-state index contributed by atoms with van der Waals surface area (Å²) in [5.74, 6) is 0.183. The highest BCUT2D eigenvalue weighted by atomic mass is 35.5. The van der Waals surface area contributed by atoms with Crippen molar-refractivity contribution in [3.63, 3.8) is 0 Å². The van der Waals surface area contributed by atoms with Gasteiger partial charge in [-0.2, -0.15) is 10.1 Å². The number of nitrogens with zero attached hydrogens (tertiary/aromatic N) is 4. The molecule has 152 valence electrons. The summed E-state index contributed by atoms with van der Waals surface area (Å²) >= 11 is 5.96. The van der Waals surface area contributed by atoms with E-state index in [4.69, 9.17) is 25.6 Å². The Kier molecular flexibility index (Phi) is 4.72. The summed E-state index contributed by atoms with van der Waals surface area (Å²) < 4.78 is 32.1.